The number of alkyl halides is 3. The van der Waals surface area contributed by atoms with Crippen molar-refractivity contribution >= 4 is 23.3 Å². The second-order valence-electron chi connectivity index (χ2n) is 8.13. The summed E-state index contributed by atoms with van der Waals surface area (Å²) in [6, 6.07) is 8.61. The molecular formula is C23H22ClF3N6O. The summed E-state index contributed by atoms with van der Waals surface area (Å²) in [5.41, 5.74) is -0.0850. The Hall–Kier alpha value is -3.27. The van der Waals surface area contributed by atoms with E-state index in [1.54, 1.807) is 41.6 Å². The van der Waals surface area contributed by atoms with E-state index < -0.39 is 11.9 Å². The smallest absolute Gasteiger partial charge is 0.367 e. The van der Waals surface area contributed by atoms with Crippen LogP contribution in [0.4, 0.5) is 19.0 Å². The number of carbonyl (C=O) groups excluding carboxylic acids is 1. The van der Waals surface area contributed by atoms with Gasteiger partial charge in [-0.05, 0) is 55.2 Å². The lowest BCUT2D eigenvalue weighted by molar-refractivity contribution is -0.141. The fraction of sp³-hybridized carbons (Fsp3) is 0.348. The lowest BCUT2D eigenvalue weighted by atomic mass is 9.89. The molecule has 4 rings (SSSR count). The zero-order valence-electron chi connectivity index (χ0n) is 18.3. The first-order chi connectivity index (χ1) is 16.2. The van der Waals surface area contributed by atoms with Crippen molar-refractivity contribution in [2.45, 2.75) is 32.0 Å². The number of carbonyl (C=O) groups is 1. The summed E-state index contributed by atoms with van der Waals surface area (Å²) < 4.78 is 38.2. The van der Waals surface area contributed by atoms with Crippen molar-refractivity contribution in [3.8, 4) is 11.4 Å². The fourth-order valence-electron chi connectivity index (χ4n) is 4.08. The molecule has 2 aromatic heterocycles. The number of aromatic nitrogens is 4. The van der Waals surface area contributed by atoms with E-state index in [4.69, 9.17) is 11.6 Å². The first kappa shape index (κ1) is 23.9. The molecule has 2 atom stereocenters. The number of amides is 1. The lowest BCUT2D eigenvalue weighted by Gasteiger charge is -2.40. The molecule has 11 heteroatoms. The third-order valence-electron chi connectivity index (χ3n) is 5.84. The first-order valence-corrected chi connectivity index (χ1v) is 11.1. The van der Waals surface area contributed by atoms with Crippen LogP contribution in [0.15, 0.2) is 48.8 Å². The quantitative estimate of drug-likeness (QED) is 0.544. The van der Waals surface area contributed by atoms with E-state index in [0.29, 0.717) is 35.1 Å². The summed E-state index contributed by atoms with van der Waals surface area (Å²) in [6.45, 7) is 2.89. The van der Waals surface area contributed by atoms with Gasteiger partial charge in [-0.3, -0.25) is 4.79 Å². The van der Waals surface area contributed by atoms with Crippen molar-refractivity contribution in [3.63, 3.8) is 0 Å². The number of likely N-dealkylation sites (tertiary alicyclic amines) is 1. The van der Waals surface area contributed by atoms with Gasteiger partial charge in [-0.15, -0.1) is 10.2 Å². The number of nitrogens with one attached hydrogen (secondary N) is 1. The Kier molecular flexibility index (Phi) is 6.97. The van der Waals surface area contributed by atoms with E-state index in [1.165, 1.54) is 6.07 Å². The Morgan fingerprint density at radius 3 is 2.62 bits per heavy atom. The highest BCUT2D eigenvalue weighted by molar-refractivity contribution is 6.31. The standard InChI is InChI=1S/C23H22ClF3N6O/c1-14-4-2-11-33(18(14)13-30-20-8-7-19(31-32-20)23(25,26)27)22(34)17-12-15(24)5-6-16(17)21-28-9-3-10-29-21/h3,5-10,12,14,18H,2,4,11,13H2,1H3,(H,30,32). The summed E-state index contributed by atoms with van der Waals surface area (Å²) in [5.74, 6) is 0.576. The highest BCUT2D eigenvalue weighted by Crippen LogP contribution is 2.30. The van der Waals surface area contributed by atoms with Crippen LogP contribution in [0.1, 0.15) is 35.8 Å². The van der Waals surface area contributed by atoms with Crippen LogP contribution in [0.25, 0.3) is 11.4 Å². The van der Waals surface area contributed by atoms with Gasteiger partial charge in [0.15, 0.2) is 11.5 Å². The van der Waals surface area contributed by atoms with Crippen LogP contribution in [-0.4, -0.2) is 50.1 Å². The molecule has 1 N–H and O–H groups in total. The molecule has 0 spiro atoms. The van der Waals surface area contributed by atoms with Gasteiger partial charge in [-0.25, -0.2) is 9.97 Å². The summed E-state index contributed by atoms with van der Waals surface area (Å²) >= 11 is 6.22. The minimum atomic E-state index is -4.55. The van der Waals surface area contributed by atoms with Crippen LogP contribution in [0.3, 0.4) is 0 Å². The Bertz CT molecular complexity index is 1140. The lowest BCUT2D eigenvalue weighted by Crippen LogP contribution is -2.51. The van der Waals surface area contributed by atoms with Crippen molar-refractivity contribution < 1.29 is 18.0 Å². The number of rotatable bonds is 5. The van der Waals surface area contributed by atoms with Crippen LogP contribution in [0, 0.1) is 5.92 Å². The average Bonchev–Trinajstić information content (AvgIpc) is 2.83. The molecule has 34 heavy (non-hydrogen) atoms. The van der Waals surface area contributed by atoms with Gasteiger partial charge in [-0.2, -0.15) is 13.2 Å². The van der Waals surface area contributed by atoms with Gasteiger partial charge in [0.2, 0.25) is 0 Å². The van der Waals surface area contributed by atoms with Gasteiger partial charge in [-0.1, -0.05) is 18.5 Å². The molecule has 1 amide bonds. The molecule has 1 saturated heterocycles. The Balaban J connectivity index is 1.57. The first-order valence-electron chi connectivity index (χ1n) is 10.8. The maximum Gasteiger partial charge on any atom is 0.435 e. The van der Waals surface area contributed by atoms with Crippen LogP contribution >= 0.6 is 11.6 Å². The maximum atomic E-state index is 13.7. The molecule has 1 aliphatic rings. The van der Waals surface area contributed by atoms with Crippen molar-refractivity contribution in [1.82, 2.24) is 25.1 Å². The average molecular weight is 491 g/mol. The van der Waals surface area contributed by atoms with Crippen LogP contribution in [0.5, 0.6) is 0 Å². The Morgan fingerprint density at radius 1 is 1.18 bits per heavy atom. The summed E-state index contributed by atoms with van der Waals surface area (Å²) in [7, 11) is 0. The Labute approximate surface area is 199 Å². The fourth-order valence-corrected chi connectivity index (χ4v) is 4.25. The monoisotopic (exact) mass is 490 g/mol. The van der Waals surface area contributed by atoms with Crippen molar-refractivity contribution in [2.24, 2.45) is 5.92 Å². The van der Waals surface area contributed by atoms with Crippen molar-refractivity contribution in [3.05, 3.63) is 65.1 Å². The number of hydrogen-bond acceptors (Lipinski definition) is 6. The molecule has 1 fully saturated rings. The molecule has 0 saturated carbocycles. The van der Waals surface area contributed by atoms with Gasteiger partial charge in [0, 0.05) is 36.1 Å². The van der Waals surface area contributed by atoms with E-state index in [2.05, 4.69) is 25.5 Å². The maximum absolute atomic E-state index is 13.7. The van der Waals surface area contributed by atoms with Crippen molar-refractivity contribution in [1.29, 1.82) is 0 Å². The summed E-state index contributed by atoms with van der Waals surface area (Å²) in [4.78, 5) is 24.0. The highest BCUT2D eigenvalue weighted by atomic mass is 35.5. The van der Waals surface area contributed by atoms with Crippen LogP contribution in [0.2, 0.25) is 5.02 Å². The third kappa shape index (κ3) is 5.27. The second kappa shape index (κ2) is 9.92. The molecule has 178 valence electrons. The number of piperidine rings is 1. The third-order valence-corrected chi connectivity index (χ3v) is 6.08. The van der Waals surface area contributed by atoms with Crippen LogP contribution in [-0.2, 0) is 6.18 Å². The molecule has 7 nitrogen and oxygen atoms in total. The van der Waals surface area contributed by atoms with Gasteiger partial charge in [0.1, 0.15) is 5.82 Å². The second-order valence-corrected chi connectivity index (χ2v) is 8.57. The molecule has 1 aromatic carbocycles. The SMILES string of the molecule is CC1CCCN(C(=O)c2cc(Cl)ccc2-c2ncccn2)C1CNc1ccc(C(F)(F)F)nn1. The number of benzene rings is 1. The van der Waals surface area contributed by atoms with Crippen LogP contribution < -0.4 is 5.32 Å². The minimum absolute atomic E-state index is 0.156. The van der Waals surface area contributed by atoms with Gasteiger partial charge in [0.05, 0.1) is 11.6 Å². The van der Waals surface area contributed by atoms with Crippen molar-refractivity contribution in [2.75, 3.05) is 18.4 Å². The zero-order chi connectivity index (χ0) is 24.3. The number of halogens is 4. The topological polar surface area (TPSA) is 83.9 Å². The highest BCUT2D eigenvalue weighted by Gasteiger charge is 2.35. The van der Waals surface area contributed by atoms with Gasteiger partial charge in [0.25, 0.3) is 5.91 Å². The number of hydrogen-bond donors (Lipinski definition) is 1. The molecule has 1 aliphatic heterocycles. The largest absolute Gasteiger partial charge is 0.435 e. The zero-order valence-corrected chi connectivity index (χ0v) is 19.0. The molecule has 3 aromatic rings. The van der Waals surface area contributed by atoms with E-state index in [0.717, 1.165) is 18.9 Å². The van der Waals surface area contributed by atoms with E-state index in [1.807, 2.05) is 6.92 Å². The molecule has 0 aliphatic carbocycles. The van der Waals surface area contributed by atoms with Gasteiger partial charge < -0.3 is 10.2 Å². The molecule has 3 heterocycles. The molecule has 0 bridgehead atoms. The normalized spacial score (nSPS) is 18.6. The van der Waals surface area contributed by atoms with E-state index in [9.17, 15) is 18.0 Å². The number of nitrogens with zero attached hydrogens (tertiary/aromatic N) is 5. The summed E-state index contributed by atoms with van der Waals surface area (Å²) in [5, 5.41) is 10.3. The van der Waals surface area contributed by atoms with E-state index >= 15 is 0 Å². The molecular weight excluding hydrogens is 469 g/mol. The van der Waals surface area contributed by atoms with Gasteiger partial charge >= 0.3 is 6.18 Å². The Morgan fingerprint density at radius 2 is 1.94 bits per heavy atom. The summed E-state index contributed by atoms with van der Waals surface area (Å²) in [6.07, 6.45) is 0.405. The predicted octanol–water partition coefficient (Wildman–Crippen LogP) is 4.96. The predicted molar refractivity (Wildman–Crippen MR) is 121 cm³/mol. The number of anilines is 1. The molecule has 0 radical (unpaired) electrons. The molecule has 2 unspecified atom stereocenters. The van der Waals surface area contributed by atoms with E-state index in [-0.39, 0.29) is 23.7 Å². The minimum Gasteiger partial charge on any atom is -0.367 e.